The van der Waals surface area contributed by atoms with Gasteiger partial charge in [-0.2, -0.15) is 0 Å². The molecule has 1 unspecified atom stereocenters. The molecule has 27 heavy (non-hydrogen) atoms. The lowest BCUT2D eigenvalue weighted by Gasteiger charge is -2.18. The lowest BCUT2D eigenvalue weighted by atomic mass is 10.1. The second-order valence-electron chi connectivity index (χ2n) is 6.20. The number of hydrogen-bond donors (Lipinski definition) is 1. The molecule has 0 aliphatic heterocycles. The molecule has 0 fully saturated rings. The molecule has 0 spiro atoms. The van der Waals surface area contributed by atoms with Crippen LogP contribution in [0.2, 0.25) is 0 Å². The number of carbonyl (C=O) groups excluding carboxylic acids is 2. The van der Waals surface area contributed by atoms with E-state index in [4.69, 9.17) is 9.47 Å². The van der Waals surface area contributed by atoms with E-state index in [1.807, 2.05) is 36.4 Å². The molecule has 1 amide bonds. The number of carbonyl (C=O) groups is 2. The Bertz CT molecular complexity index is 730. The zero-order chi connectivity index (χ0) is 19.5. The standard InChI is InChI=1S/C22H27NO4/c1-3-5-14-27-19-13-9-12-18(16-19)21(24)23-20(22(25)26-4-2)15-17-10-7-6-8-11-17/h6-13,16,20H,3-5,14-15H2,1-2H3,(H,23,24). The maximum absolute atomic E-state index is 12.7. The number of esters is 1. The topological polar surface area (TPSA) is 64.6 Å². The van der Waals surface area contributed by atoms with Crippen molar-refractivity contribution in [2.45, 2.75) is 39.2 Å². The Morgan fingerprint density at radius 1 is 1.04 bits per heavy atom. The molecule has 5 nitrogen and oxygen atoms in total. The monoisotopic (exact) mass is 369 g/mol. The quantitative estimate of drug-likeness (QED) is 0.511. The second kappa shape index (κ2) is 11.0. The second-order valence-corrected chi connectivity index (χ2v) is 6.20. The molecule has 0 heterocycles. The molecular formula is C22H27NO4. The first-order chi connectivity index (χ1) is 13.1. The fraction of sp³-hybridized carbons (Fsp3) is 0.364. The van der Waals surface area contributed by atoms with Gasteiger partial charge in [-0.25, -0.2) is 4.79 Å². The van der Waals surface area contributed by atoms with Gasteiger partial charge in [-0.1, -0.05) is 49.7 Å². The summed E-state index contributed by atoms with van der Waals surface area (Å²) in [6, 6.07) is 15.8. The van der Waals surface area contributed by atoms with Gasteiger partial charge >= 0.3 is 5.97 Å². The molecule has 1 N–H and O–H groups in total. The Morgan fingerprint density at radius 2 is 1.81 bits per heavy atom. The van der Waals surface area contributed by atoms with E-state index < -0.39 is 12.0 Å². The molecule has 0 bridgehead atoms. The van der Waals surface area contributed by atoms with Gasteiger partial charge in [0.1, 0.15) is 11.8 Å². The van der Waals surface area contributed by atoms with Crippen LogP contribution in [0.15, 0.2) is 54.6 Å². The lowest BCUT2D eigenvalue weighted by Crippen LogP contribution is -2.43. The summed E-state index contributed by atoms with van der Waals surface area (Å²) >= 11 is 0. The maximum atomic E-state index is 12.7. The molecule has 1 atom stereocenters. The Kier molecular flexibility index (Phi) is 8.36. The molecule has 5 heteroatoms. The van der Waals surface area contributed by atoms with E-state index in [2.05, 4.69) is 12.2 Å². The van der Waals surface area contributed by atoms with Crippen molar-refractivity contribution in [2.24, 2.45) is 0 Å². The summed E-state index contributed by atoms with van der Waals surface area (Å²) in [6.45, 7) is 4.72. The van der Waals surface area contributed by atoms with Gasteiger partial charge in [-0.3, -0.25) is 4.79 Å². The highest BCUT2D eigenvalue weighted by Gasteiger charge is 2.23. The van der Waals surface area contributed by atoms with E-state index in [1.165, 1.54) is 0 Å². The summed E-state index contributed by atoms with van der Waals surface area (Å²) in [6.07, 6.45) is 2.37. The van der Waals surface area contributed by atoms with Crippen molar-refractivity contribution in [2.75, 3.05) is 13.2 Å². The third kappa shape index (κ3) is 6.77. The minimum absolute atomic E-state index is 0.265. The van der Waals surface area contributed by atoms with Crippen molar-refractivity contribution in [3.8, 4) is 5.75 Å². The molecule has 144 valence electrons. The van der Waals surface area contributed by atoms with Gasteiger partial charge in [0.05, 0.1) is 13.2 Å². The van der Waals surface area contributed by atoms with Crippen LogP contribution >= 0.6 is 0 Å². The first-order valence-corrected chi connectivity index (χ1v) is 9.38. The zero-order valence-corrected chi connectivity index (χ0v) is 15.9. The normalized spacial score (nSPS) is 11.5. The first-order valence-electron chi connectivity index (χ1n) is 9.38. The van der Waals surface area contributed by atoms with E-state index in [-0.39, 0.29) is 12.5 Å². The SMILES string of the molecule is CCCCOc1cccc(C(=O)NC(Cc2ccccc2)C(=O)OCC)c1. The fourth-order valence-electron chi connectivity index (χ4n) is 2.59. The summed E-state index contributed by atoms with van der Waals surface area (Å²) in [5, 5.41) is 2.79. The van der Waals surface area contributed by atoms with Gasteiger partial charge in [-0.05, 0) is 37.1 Å². The Labute approximate surface area is 160 Å². The first kappa shape index (κ1) is 20.5. The van der Waals surface area contributed by atoms with E-state index >= 15 is 0 Å². The molecule has 2 aromatic carbocycles. The van der Waals surface area contributed by atoms with Crippen LogP contribution in [0.4, 0.5) is 0 Å². The van der Waals surface area contributed by atoms with Crippen molar-refractivity contribution in [1.82, 2.24) is 5.32 Å². The average molecular weight is 369 g/mol. The number of amides is 1. The molecule has 0 aliphatic carbocycles. The smallest absolute Gasteiger partial charge is 0.328 e. The van der Waals surface area contributed by atoms with E-state index in [1.54, 1.807) is 25.1 Å². The molecule has 2 aromatic rings. The summed E-state index contributed by atoms with van der Waals surface area (Å²) in [4.78, 5) is 25.0. The molecule has 0 aliphatic rings. The van der Waals surface area contributed by atoms with E-state index in [0.717, 1.165) is 18.4 Å². The third-order valence-corrected chi connectivity index (χ3v) is 4.02. The molecular weight excluding hydrogens is 342 g/mol. The van der Waals surface area contributed by atoms with Crippen molar-refractivity contribution >= 4 is 11.9 Å². The highest BCUT2D eigenvalue weighted by atomic mass is 16.5. The predicted octanol–water partition coefficient (Wildman–Crippen LogP) is 3.77. The number of benzene rings is 2. The minimum atomic E-state index is -0.746. The largest absolute Gasteiger partial charge is 0.494 e. The van der Waals surface area contributed by atoms with Crippen LogP contribution < -0.4 is 10.1 Å². The zero-order valence-electron chi connectivity index (χ0n) is 15.9. The van der Waals surface area contributed by atoms with Crippen LogP contribution in [0, 0.1) is 0 Å². The fourth-order valence-corrected chi connectivity index (χ4v) is 2.59. The molecule has 0 saturated carbocycles. The molecule has 0 saturated heterocycles. The van der Waals surface area contributed by atoms with Gasteiger partial charge in [0.15, 0.2) is 0 Å². The summed E-state index contributed by atoms with van der Waals surface area (Å²) < 4.78 is 10.8. The van der Waals surface area contributed by atoms with Crippen molar-refractivity contribution in [1.29, 1.82) is 0 Å². The van der Waals surface area contributed by atoms with Crippen molar-refractivity contribution in [3.63, 3.8) is 0 Å². The highest BCUT2D eigenvalue weighted by Crippen LogP contribution is 2.14. The minimum Gasteiger partial charge on any atom is -0.494 e. The maximum Gasteiger partial charge on any atom is 0.328 e. The Morgan fingerprint density at radius 3 is 2.52 bits per heavy atom. The average Bonchev–Trinajstić information content (AvgIpc) is 2.69. The number of nitrogens with one attached hydrogen (secondary N) is 1. The van der Waals surface area contributed by atoms with Crippen LogP contribution in [0.25, 0.3) is 0 Å². The van der Waals surface area contributed by atoms with Crippen LogP contribution in [-0.2, 0) is 16.0 Å². The molecule has 2 rings (SSSR count). The summed E-state index contributed by atoms with van der Waals surface area (Å²) in [5.74, 6) is -0.123. The summed E-state index contributed by atoms with van der Waals surface area (Å²) in [7, 11) is 0. The van der Waals surface area contributed by atoms with Crippen molar-refractivity contribution in [3.05, 3.63) is 65.7 Å². The van der Waals surface area contributed by atoms with E-state index in [9.17, 15) is 9.59 Å². The third-order valence-electron chi connectivity index (χ3n) is 4.02. The van der Waals surface area contributed by atoms with Gasteiger partial charge in [0.2, 0.25) is 0 Å². The van der Waals surface area contributed by atoms with Gasteiger partial charge in [-0.15, -0.1) is 0 Å². The Hall–Kier alpha value is -2.82. The number of unbranched alkanes of at least 4 members (excludes halogenated alkanes) is 1. The number of ether oxygens (including phenoxy) is 2. The molecule has 0 radical (unpaired) electrons. The Balaban J connectivity index is 2.08. The van der Waals surface area contributed by atoms with Gasteiger partial charge in [0.25, 0.3) is 5.91 Å². The van der Waals surface area contributed by atoms with Gasteiger partial charge < -0.3 is 14.8 Å². The lowest BCUT2D eigenvalue weighted by molar-refractivity contribution is -0.145. The van der Waals surface area contributed by atoms with Crippen LogP contribution in [0.5, 0.6) is 5.75 Å². The van der Waals surface area contributed by atoms with E-state index in [0.29, 0.717) is 24.3 Å². The van der Waals surface area contributed by atoms with Crippen LogP contribution in [-0.4, -0.2) is 31.1 Å². The predicted molar refractivity (Wildman–Crippen MR) is 105 cm³/mol. The van der Waals surface area contributed by atoms with Crippen LogP contribution in [0.3, 0.4) is 0 Å². The number of hydrogen-bond acceptors (Lipinski definition) is 4. The van der Waals surface area contributed by atoms with Gasteiger partial charge in [0, 0.05) is 12.0 Å². The van der Waals surface area contributed by atoms with Crippen molar-refractivity contribution < 1.29 is 19.1 Å². The highest BCUT2D eigenvalue weighted by molar-refractivity contribution is 5.97. The number of rotatable bonds is 10. The summed E-state index contributed by atoms with van der Waals surface area (Å²) in [5.41, 5.74) is 1.40. The molecule has 0 aromatic heterocycles. The van der Waals surface area contributed by atoms with Crippen LogP contribution in [0.1, 0.15) is 42.6 Å².